The van der Waals surface area contributed by atoms with E-state index in [1.54, 1.807) is 60.7 Å². The third kappa shape index (κ3) is 6.09. The van der Waals surface area contributed by atoms with Crippen LogP contribution in [0.3, 0.4) is 0 Å². The third-order valence-electron chi connectivity index (χ3n) is 8.85. The molecule has 0 heterocycles. The van der Waals surface area contributed by atoms with Gasteiger partial charge in [0.05, 0.1) is 0 Å². The second-order valence-corrected chi connectivity index (χ2v) is 12.0. The van der Waals surface area contributed by atoms with Crippen molar-refractivity contribution in [1.82, 2.24) is 0 Å². The lowest BCUT2D eigenvalue weighted by atomic mass is 9.70. The molecule has 230 valence electrons. The van der Waals surface area contributed by atoms with E-state index in [1.165, 1.54) is 5.56 Å². The molecule has 1 aliphatic carbocycles. The van der Waals surface area contributed by atoms with E-state index >= 15 is 0 Å². The summed E-state index contributed by atoms with van der Waals surface area (Å²) in [7, 11) is 0. The number of carbonyl (C=O) groups is 2. The van der Waals surface area contributed by atoms with Gasteiger partial charge in [-0.2, -0.15) is 4.79 Å². The number of nitrogens with zero attached hydrogens (tertiary/aromatic N) is 2. The number of ketones is 2. The van der Waals surface area contributed by atoms with Gasteiger partial charge in [-0.05, 0) is 71.1 Å². The van der Waals surface area contributed by atoms with E-state index in [0.717, 1.165) is 22.3 Å². The fourth-order valence-electron chi connectivity index (χ4n) is 5.84. The van der Waals surface area contributed by atoms with Crippen LogP contribution < -0.4 is 0 Å². The lowest BCUT2D eigenvalue weighted by Crippen LogP contribution is -2.27. The molecule has 0 aromatic heterocycles. The quantitative estimate of drug-likeness (QED) is 0.107. The highest BCUT2D eigenvalue weighted by atomic mass is 16.3. The van der Waals surface area contributed by atoms with E-state index in [4.69, 9.17) is 5.53 Å². The van der Waals surface area contributed by atoms with Crippen molar-refractivity contribution < 1.29 is 29.7 Å². The van der Waals surface area contributed by atoms with Crippen molar-refractivity contribution in [3.05, 3.63) is 166 Å². The van der Waals surface area contributed by atoms with E-state index in [-0.39, 0.29) is 46.4 Å². The van der Waals surface area contributed by atoms with Crippen molar-refractivity contribution in [2.75, 3.05) is 0 Å². The average Bonchev–Trinajstić information content (AvgIpc) is 3.07. The minimum Gasteiger partial charge on any atom is -0.508 e. The summed E-state index contributed by atoms with van der Waals surface area (Å²) in [6, 6.07) is 37.1. The normalized spacial score (nSPS) is 12.9. The highest BCUT2D eigenvalue weighted by Gasteiger charge is 2.35. The molecule has 5 aromatic carbocycles. The zero-order valence-electron chi connectivity index (χ0n) is 25.8. The number of benzene rings is 5. The molecule has 7 heteroatoms. The van der Waals surface area contributed by atoms with Crippen molar-refractivity contribution in [1.29, 1.82) is 0 Å². The Bertz CT molecular complexity index is 1890. The molecule has 7 nitrogen and oxygen atoms in total. The molecule has 0 spiro atoms. The molecule has 0 atom stereocenters. The number of fused-ring (bicyclic) bond motifs is 1. The molecule has 0 unspecified atom stereocenters. The van der Waals surface area contributed by atoms with Crippen molar-refractivity contribution in [3.8, 4) is 17.2 Å². The van der Waals surface area contributed by atoms with Gasteiger partial charge in [0.25, 0.3) is 5.78 Å². The molecule has 3 N–H and O–H groups in total. The SMILES string of the molecule is CC(C)(c1ccc(O)cc1)c1ccc(C(C)(c2ccc(O)cc2)c2ccc(O)cc2)cc1.[N-]=[N+]=C1CC(=O)c2ccccc2C1=O. The van der Waals surface area contributed by atoms with Gasteiger partial charge in [-0.3, -0.25) is 9.59 Å². The Kier molecular flexibility index (Phi) is 8.72. The molecular weight excluding hydrogens is 576 g/mol. The largest absolute Gasteiger partial charge is 0.508 e. The average molecular weight is 611 g/mol. The Labute approximate surface area is 267 Å². The Hall–Kier alpha value is -5.78. The highest BCUT2D eigenvalue weighted by molar-refractivity contribution is 6.50. The van der Waals surface area contributed by atoms with Crippen LogP contribution in [0, 0.1) is 0 Å². The number of carbonyl (C=O) groups excluding carboxylic acids is 2. The summed E-state index contributed by atoms with van der Waals surface area (Å²) >= 11 is 0. The number of hydrogen-bond acceptors (Lipinski definition) is 5. The maximum absolute atomic E-state index is 11.6. The number of phenols is 3. The Morgan fingerprint density at radius 2 is 0.891 bits per heavy atom. The lowest BCUT2D eigenvalue weighted by molar-refractivity contribution is -0.00890. The van der Waals surface area contributed by atoms with Crippen LogP contribution in [0.1, 0.15) is 75.7 Å². The molecule has 0 amide bonds. The van der Waals surface area contributed by atoms with Crippen molar-refractivity contribution in [3.63, 3.8) is 0 Å². The second kappa shape index (κ2) is 12.7. The number of rotatable bonds is 5. The minimum absolute atomic E-state index is 0.0892. The number of phenolic OH excluding ortho intramolecular Hbond substituents is 3. The zero-order chi connectivity index (χ0) is 33.1. The van der Waals surface area contributed by atoms with E-state index in [1.807, 2.05) is 36.4 Å². The van der Waals surface area contributed by atoms with E-state index in [9.17, 15) is 24.9 Å². The predicted molar refractivity (Wildman–Crippen MR) is 177 cm³/mol. The predicted octanol–water partition coefficient (Wildman–Crippen LogP) is 7.61. The van der Waals surface area contributed by atoms with Crippen LogP contribution >= 0.6 is 0 Å². The van der Waals surface area contributed by atoms with Gasteiger partial charge in [0, 0.05) is 22.0 Å². The van der Waals surface area contributed by atoms with Crippen LogP contribution in [0.2, 0.25) is 0 Å². The highest BCUT2D eigenvalue weighted by Crippen LogP contribution is 2.41. The molecule has 5 aromatic rings. The number of hydrogen-bond donors (Lipinski definition) is 3. The maximum Gasteiger partial charge on any atom is 0.347 e. The van der Waals surface area contributed by atoms with E-state index in [0.29, 0.717) is 11.1 Å². The van der Waals surface area contributed by atoms with Crippen LogP contribution in [0.4, 0.5) is 0 Å². The molecule has 0 radical (unpaired) electrons. The van der Waals surface area contributed by atoms with Crippen LogP contribution in [-0.2, 0) is 10.8 Å². The van der Waals surface area contributed by atoms with Crippen LogP contribution in [0.15, 0.2) is 121 Å². The molecule has 1 aliphatic rings. The summed E-state index contributed by atoms with van der Waals surface area (Å²) in [5, 5.41) is 29.2. The van der Waals surface area contributed by atoms with E-state index < -0.39 is 5.41 Å². The molecular formula is C39H34N2O5. The Balaban J connectivity index is 0.000000247. The van der Waals surface area contributed by atoms with Crippen LogP contribution in [-0.4, -0.2) is 37.4 Å². The first-order valence-electron chi connectivity index (χ1n) is 14.8. The summed E-state index contributed by atoms with van der Waals surface area (Å²) in [6.45, 7) is 6.51. The van der Waals surface area contributed by atoms with E-state index in [2.05, 4.69) is 49.8 Å². The van der Waals surface area contributed by atoms with Crippen molar-refractivity contribution >= 4 is 17.3 Å². The van der Waals surface area contributed by atoms with Gasteiger partial charge < -0.3 is 20.9 Å². The lowest BCUT2D eigenvalue weighted by Gasteiger charge is -2.33. The molecule has 6 rings (SSSR count). The van der Waals surface area contributed by atoms with Gasteiger partial charge in [0.2, 0.25) is 0 Å². The van der Waals surface area contributed by atoms with Gasteiger partial charge in [0.1, 0.15) is 23.7 Å². The van der Waals surface area contributed by atoms with Crippen LogP contribution in [0.5, 0.6) is 17.2 Å². The molecule has 0 aliphatic heterocycles. The first kappa shape index (κ1) is 31.6. The van der Waals surface area contributed by atoms with Crippen LogP contribution in [0.25, 0.3) is 5.53 Å². The topological polar surface area (TPSA) is 131 Å². The summed E-state index contributed by atoms with van der Waals surface area (Å²) in [4.78, 5) is 25.8. The first-order valence-corrected chi connectivity index (χ1v) is 14.8. The zero-order valence-corrected chi connectivity index (χ0v) is 25.8. The standard InChI is InChI=1S/C29H28O3.C10H6N2O2/c1-28(2,21-8-14-25(30)15-9-21)20-4-6-22(7-5-20)29(3,23-10-16-26(31)17-11-23)24-12-18-27(32)19-13-24;11-12-8-5-9(13)6-3-1-2-4-7(6)10(8)14/h4-19,30-32H,1-3H3;1-4H,5H2. The fourth-order valence-corrected chi connectivity index (χ4v) is 5.84. The van der Waals surface area contributed by atoms with Crippen molar-refractivity contribution in [2.24, 2.45) is 0 Å². The van der Waals surface area contributed by atoms with Crippen molar-refractivity contribution in [2.45, 2.75) is 38.0 Å². The molecule has 0 saturated carbocycles. The Morgan fingerprint density at radius 3 is 1.30 bits per heavy atom. The first-order chi connectivity index (χ1) is 21.9. The summed E-state index contributed by atoms with van der Waals surface area (Å²) in [5.41, 5.74) is 14.0. The van der Waals surface area contributed by atoms with Gasteiger partial charge in [-0.25, -0.2) is 0 Å². The monoisotopic (exact) mass is 610 g/mol. The Morgan fingerprint density at radius 1 is 0.543 bits per heavy atom. The second-order valence-electron chi connectivity index (χ2n) is 12.0. The molecule has 0 saturated heterocycles. The summed E-state index contributed by atoms with van der Waals surface area (Å²) in [6.07, 6.45) is -0.119. The molecule has 0 bridgehead atoms. The molecule has 0 fully saturated rings. The summed E-state index contributed by atoms with van der Waals surface area (Å²) < 4.78 is 0. The third-order valence-corrected chi connectivity index (χ3v) is 8.85. The minimum atomic E-state index is -0.470. The number of Topliss-reactive ketones (excluding diaryl/α,β-unsaturated/α-hetero) is 2. The maximum atomic E-state index is 11.6. The fraction of sp³-hybridized carbons (Fsp3) is 0.154. The van der Waals surface area contributed by atoms with Gasteiger partial charge in [-0.15, -0.1) is 0 Å². The van der Waals surface area contributed by atoms with Gasteiger partial charge in [0.15, 0.2) is 5.78 Å². The summed E-state index contributed by atoms with van der Waals surface area (Å²) in [5.74, 6) is 0.162. The number of aromatic hydroxyl groups is 3. The van der Waals surface area contributed by atoms with Gasteiger partial charge >= 0.3 is 5.71 Å². The van der Waals surface area contributed by atoms with Gasteiger partial charge in [-0.1, -0.05) is 98.8 Å². The smallest absolute Gasteiger partial charge is 0.347 e. The molecule has 46 heavy (non-hydrogen) atoms.